The van der Waals surface area contributed by atoms with Crippen LogP contribution in [0.25, 0.3) is 0 Å². The molecule has 1 fully saturated rings. The molecule has 94 valence electrons. The second-order valence-electron chi connectivity index (χ2n) is 5.18. The summed E-state index contributed by atoms with van der Waals surface area (Å²) in [5.41, 5.74) is 8.74. The molecule has 0 amide bonds. The van der Waals surface area contributed by atoms with Gasteiger partial charge in [-0.2, -0.15) is 0 Å². The highest BCUT2D eigenvalue weighted by atomic mass is 35.5. The van der Waals surface area contributed by atoms with Gasteiger partial charge in [-0.3, -0.25) is 0 Å². The predicted octanol–water partition coefficient (Wildman–Crippen LogP) is 2.85. The van der Waals surface area contributed by atoms with Gasteiger partial charge in [0.05, 0.1) is 29.5 Å². The first-order valence-electron chi connectivity index (χ1n) is 5.83. The third-order valence-corrected chi connectivity index (χ3v) is 3.58. The van der Waals surface area contributed by atoms with E-state index in [4.69, 9.17) is 22.1 Å². The minimum absolute atomic E-state index is 0.0115. The van der Waals surface area contributed by atoms with Crippen LogP contribution >= 0.6 is 11.6 Å². The van der Waals surface area contributed by atoms with Gasteiger partial charge in [0.2, 0.25) is 0 Å². The van der Waals surface area contributed by atoms with Gasteiger partial charge in [-0.15, -0.1) is 0 Å². The Kier molecular flexibility index (Phi) is 3.23. The molecular formula is C13H19ClN2O. The number of ether oxygens (including phenoxy) is 1. The number of nitrogens with two attached hydrogens (primary N) is 1. The van der Waals surface area contributed by atoms with Crippen LogP contribution in [0.1, 0.15) is 19.4 Å². The van der Waals surface area contributed by atoms with Crippen molar-refractivity contribution in [2.24, 2.45) is 0 Å². The molecule has 0 aromatic heterocycles. The van der Waals surface area contributed by atoms with Crippen molar-refractivity contribution in [1.82, 2.24) is 0 Å². The predicted molar refractivity (Wildman–Crippen MR) is 72.8 cm³/mol. The molecule has 17 heavy (non-hydrogen) atoms. The molecular weight excluding hydrogens is 236 g/mol. The zero-order chi connectivity index (χ0) is 12.6. The standard InChI is InChI=1S/C13H19ClN2O/c1-9-6-11(15)10(14)7-12(9)16-4-5-17-8-13(16,2)3/h6-7H,4-5,8,15H2,1-3H3. The molecule has 2 N–H and O–H groups in total. The maximum atomic E-state index is 6.12. The molecule has 0 unspecified atom stereocenters. The number of hydrogen-bond donors (Lipinski definition) is 1. The summed E-state index contributed by atoms with van der Waals surface area (Å²) >= 11 is 6.12. The van der Waals surface area contributed by atoms with Crippen molar-refractivity contribution in [1.29, 1.82) is 0 Å². The van der Waals surface area contributed by atoms with Crippen LogP contribution < -0.4 is 10.6 Å². The van der Waals surface area contributed by atoms with E-state index in [-0.39, 0.29) is 5.54 Å². The van der Waals surface area contributed by atoms with Crippen molar-refractivity contribution >= 4 is 23.0 Å². The largest absolute Gasteiger partial charge is 0.398 e. The lowest BCUT2D eigenvalue weighted by Crippen LogP contribution is -2.53. The average Bonchev–Trinajstić information content (AvgIpc) is 2.23. The molecule has 1 aromatic rings. The first-order valence-corrected chi connectivity index (χ1v) is 6.20. The maximum absolute atomic E-state index is 6.12. The number of halogens is 1. The fourth-order valence-corrected chi connectivity index (χ4v) is 2.45. The van der Waals surface area contributed by atoms with E-state index in [1.54, 1.807) is 0 Å². The van der Waals surface area contributed by atoms with Crippen LogP contribution in [0.4, 0.5) is 11.4 Å². The highest BCUT2D eigenvalue weighted by Crippen LogP contribution is 2.34. The number of nitrogens with zero attached hydrogens (tertiary/aromatic N) is 1. The number of nitrogen functional groups attached to an aromatic ring is 1. The van der Waals surface area contributed by atoms with Crippen LogP contribution in [0.15, 0.2) is 12.1 Å². The normalized spacial score (nSPS) is 19.4. The Morgan fingerprint density at radius 3 is 2.76 bits per heavy atom. The molecule has 0 aliphatic carbocycles. The minimum atomic E-state index is -0.0115. The topological polar surface area (TPSA) is 38.5 Å². The van der Waals surface area contributed by atoms with Crippen molar-refractivity contribution in [3.05, 3.63) is 22.7 Å². The van der Waals surface area contributed by atoms with Crippen molar-refractivity contribution in [2.45, 2.75) is 26.3 Å². The first-order chi connectivity index (χ1) is 7.92. The van der Waals surface area contributed by atoms with Gasteiger partial charge in [0, 0.05) is 12.2 Å². The van der Waals surface area contributed by atoms with Gasteiger partial charge in [0.15, 0.2) is 0 Å². The number of morpholine rings is 1. The third-order valence-electron chi connectivity index (χ3n) is 3.25. The molecule has 1 aromatic carbocycles. The summed E-state index contributed by atoms with van der Waals surface area (Å²) in [6.45, 7) is 8.78. The third kappa shape index (κ3) is 2.35. The van der Waals surface area contributed by atoms with Crippen LogP contribution in [-0.2, 0) is 4.74 Å². The minimum Gasteiger partial charge on any atom is -0.398 e. The molecule has 0 spiro atoms. The summed E-state index contributed by atoms with van der Waals surface area (Å²) in [6, 6.07) is 3.89. The zero-order valence-corrected chi connectivity index (χ0v) is 11.3. The first kappa shape index (κ1) is 12.5. The van der Waals surface area contributed by atoms with E-state index in [0.29, 0.717) is 10.7 Å². The summed E-state index contributed by atoms with van der Waals surface area (Å²) < 4.78 is 5.53. The van der Waals surface area contributed by atoms with Crippen LogP contribution in [0.3, 0.4) is 0 Å². The van der Waals surface area contributed by atoms with Gasteiger partial charge < -0.3 is 15.4 Å². The zero-order valence-electron chi connectivity index (χ0n) is 10.6. The Bertz CT molecular complexity index is 432. The summed E-state index contributed by atoms with van der Waals surface area (Å²) in [7, 11) is 0. The summed E-state index contributed by atoms with van der Waals surface area (Å²) in [6.07, 6.45) is 0. The molecule has 4 heteroatoms. The number of aryl methyl sites for hydroxylation is 1. The van der Waals surface area contributed by atoms with E-state index in [2.05, 4.69) is 25.7 Å². The van der Waals surface area contributed by atoms with Crippen molar-refractivity contribution in [3.8, 4) is 0 Å². The van der Waals surface area contributed by atoms with E-state index in [9.17, 15) is 0 Å². The lowest BCUT2D eigenvalue weighted by Gasteiger charge is -2.44. The summed E-state index contributed by atoms with van der Waals surface area (Å²) in [5, 5.41) is 0.618. The highest BCUT2D eigenvalue weighted by molar-refractivity contribution is 6.33. The van der Waals surface area contributed by atoms with Gasteiger partial charge in [-0.05, 0) is 38.5 Å². The summed E-state index contributed by atoms with van der Waals surface area (Å²) in [4.78, 5) is 2.34. The molecule has 1 aliphatic heterocycles. The highest BCUT2D eigenvalue weighted by Gasteiger charge is 2.31. The van der Waals surface area contributed by atoms with Crippen molar-refractivity contribution < 1.29 is 4.74 Å². The Hall–Kier alpha value is -0.930. The van der Waals surface area contributed by atoms with Gasteiger partial charge >= 0.3 is 0 Å². The van der Waals surface area contributed by atoms with Crippen LogP contribution in [0.2, 0.25) is 5.02 Å². The van der Waals surface area contributed by atoms with Crippen LogP contribution in [-0.4, -0.2) is 25.3 Å². The van der Waals surface area contributed by atoms with Gasteiger partial charge in [0.25, 0.3) is 0 Å². The fraction of sp³-hybridized carbons (Fsp3) is 0.538. The fourth-order valence-electron chi connectivity index (χ4n) is 2.29. The van der Waals surface area contributed by atoms with E-state index in [0.717, 1.165) is 31.0 Å². The lowest BCUT2D eigenvalue weighted by atomic mass is 9.99. The molecule has 1 saturated heterocycles. The SMILES string of the molecule is Cc1cc(N)c(Cl)cc1N1CCOCC1(C)C. The van der Waals surface area contributed by atoms with E-state index in [1.165, 1.54) is 0 Å². The monoisotopic (exact) mass is 254 g/mol. The molecule has 2 rings (SSSR count). The number of benzene rings is 1. The Morgan fingerprint density at radius 2 is 2.12 bits per heavy atom. The molecule has 0 bridgehead atoms. The molecule has 1 aliphatic rings. The van der Waals surface area contributed by atoms with Crippen molar-refractivity contribution in [2.75, 3.05) is 30.4 Å². The van der Waals surface area contributed by atoms with Crippen LogP contribution in [0, 0.1) is 6.92 Å². The smallest absolute Gasteiger partial charge is 0.0694 e. The molecule has 0 atom stereocenters. The van der Waals surface area contributed by atoms with Gasteiger partial charge in [0.1, 0.15) is 0 Å². The van der Waals surface area contributed by atoms with Gasteiger partial charge in [-0.1, -0.05) is 11.6 Å². The van der Waals surface area contributed by atoms with Crippen LogP contribution in [0.5, 0.6) is 0 Å². The average molecular weight is 255 g/mol. The van der Waals surface area contributed by atoms with Crippen molar-refractivity contribution in [3.63, 3.8) is 0 Å². The quantitative estimate of drug-likeness (QED) is 0.784. The Morgan fingerprint density at radius 1 is 1.41 bits per heavy atom. The maximum Gasteiger partial charge on any atom is 0.0694 e. The summed E-state index contributed by atoms with van der Waals surface area (Å²) in [5.74, 6) is 0. The number of anilines is 2. The number of hydrogen-bond acceptors (Lipinski definition) is 3. The molecule has 0 saturated carbocycles. The second-order valence-corrected chi connectivity index (χ2v) is 5.58. The molecule has 0 radical (unpaired) electrons. The number of rotatable bonds is 1. The molecule has 3 nitrogen and oxygen atoms in total. The van der Waals surface area contributed by atoms with E-state index >= 15 is 0 Å². The Balaban J connectivity index is 2.42. The van der Waals surface area contributed by atoms with Gasteiger partial charge in [-0.25, -0.2) is 0 Å². The van der Waals surface area contributed by atoms with E-state index in [1.807, 2.05) is 12.1 Å². The lowest BCUT2D eigenvalue weighted by molar-refractivity contribution is 0.0643. The Labute approximate surface area is 107 Å². The molecule has 1 heterocycles. The second kappa shape index (κ2) is 4.39. The van der Waals surface area contributed by atoms with E-state index < -0.39 is 0 Å².